The molecule has 0 N–H and O–H groups in total. The quantitative estimate of drug-likeness (QED) is 0.0164. The number of unbranched alkanes of at least 4 members (excludes halogenated alkanes) is 18. The molecule has 0 saturated carbocycles. The van der Waals surface area contributed by atoms with E-state index in [0.29, 0.717) is 0 Å². The van der Waals surface area contributed by atoms with Gasteiger partial charge in [0, 0.05) is 44.4 Å². The van der Waals surface area contributed by atoms with E-state index in [-0.39, 0.29) is 20.4 Å². The third kappa shape index (κ3) is 21.3. The number of hydrogen-bond acceptors (Lipinski definition) is 0. The first-order valence-electron chi connectivity index (χ1n) is 22.5. The van der Waals surface area contributed by atoms with Crippen molar-refractivity contribution in [3.05, 3.63) is 86.5 Å². The predicted molar refractivity (Wildman–Crippen MR) is 237 cm³/mol. The van der Waals surface area contributed by atoms with Crippen LogP contribution in [0.1, 0.15) is 229 Å². The van der Waals surface area contributed by atoms with Crippen LogP contribution in [0.25, 0.3) is 11.1 Å². The van der Waals surface area contributed by atoms with Crippen LogP contribution in [0, 0.1) is 23.7 Å². The standard InChI is InChI=1S/C52H76N2.Pd/c1-7-13-17-20-23-25-27-30-33-46-38-47(34-31-28-26-24-21-18-14-8-2)42-50(41-46)52(49-39-44(11-5)37-45(12-6)40-49)51(36-32-29-22-19-15-9-3)48(43-54-53)35-16-10-4;/h37-42H,7-29,32,35-36H2,1-6H3;. The Morgan fingerprint density at radius 3 is 1.38 bits per heavy atom. The Labute approximate surface area is 353 Å². The average molecular weight is 836 g/mol. The third-order valence-corrected chi connectivity index (χ3v) is 10.6. The van der Waals surface area contributed by atoms with E-state index in [4.69, 9.17) is 0 Å². The van der Waals surface area contributed by atoms with E-state index < -0.39 is 0 Å². The second kappa shape index (κ2) is 33.3. The Hall–Kier alpha value is -2.88. The Balaban J connectivity index is 0.0000151. The van der Waals surface area contributed by atoms with E-state index >= 15 is 0 Å². The first-order chi connectivity index (χ1) is 26.5. The SMILES string of the molecule is CCCCCCCCC#Cc1cc(C#CCCCCCCCC)cc(C(=C(CCCCCCCC)C(=C=[N+]=[N-])CCCC)c2cc(CC)cc(CC)c2)c1.[Pd]. The molecule has 2 rings (SSSR count). The van der Waals surface area contributed by atoms with Gasteiger partial charge >= 0.3 is 5.87 Å². The van der Waals surface area contributed by atoms with Crippen molar-refractivity contribution in [1.29, 1.82) is 0 Å². The third-order valence-electron chi connectivity index (χ3n) is 10.6. The van der Waals surface area contributed by atoms with Gasteiger partial charge in [-0.25, -0.2) is 0 Å². The van der Waals surface area contributed by atoms with Crippen molar-refractivity contribution in [2.75, 3.05) is 0 Å². The van der Waals surface area contributed by atoms with Gasteiger partial charge in [-0.1, -0.05) is 186 Å². The fourth-order valence-electron chi connectivity index (χ4n) is 7.26. The molecule has 2 aromatic carbocycles. The number of rotatable bonds is 27. The molecule has 0 saturated heterocycles. The number of aryl methyl sites for hydroxylation is 2. The summed E-state index contributed by atoms with van der Waals surface area (Å²) in [6.07, 6.45) is 30.4. The second-order valence-corrected chi connectivity index (χ2v) is 15.3. The van der Waals surface area contributed by atoms with Crippen LogP contribution in [0.15, 0.2) is 47.5 Å². The van der Waals surface area contributed by atoms with Crippen molar-refractivity contribution in [1.82, 2.24) is 0 Å². The zero-order valence-corrected chi connectivity index (χ0v) is 37.6. The summed E-state index contributed by atoms with van der Waals surface area (Å²) in [5.74, 6) is 17.4. The van der Waals surface area contributed by atoms with E-state index in [0.717, 1.165) is 92.9 Å². The van der Waals surface area contributed by atoms with Crippen molar-refractivity contribution in [3.63, 3.8) is 0 Å². The van der Waals surface area contributed by atoms with Gasteiger partial charge in [-0.2, -0.15) is 0 Å². The van der Waals surface area contributed by atoms with E-state index in [9.17, 15) is 5.53 Å². The summed E-state index contributed by atoms with van der Waals surface area (Å²) < 4.78 is 0. The maximum atomic E-state index is 9.97. The molecule has 2 aromatic rings. The van der Waals surface area contributed by atoms with Gasteiger partial charge in [-0.3, -0.25) is 0 Å². The zero-order chi connectivity index (χ0) is 39.1. The molecule has 0 aromatic heterocycles. The van der Waals surface area contributed by atoms with Gasteiger partial charge in [-0.05, 0) is 103 Å². The number of benzene rings is 2. The fraction of sp³-hybridized carbons (Fsp3) is 0.615. The van der Waals surface area contributed by atoms with E-state index in [1.807, 2.05) is 0 Å². The molecule has 0 fully saturated rings. The summed E-state index contributed by atoms with van der Waals surface area (Å²) in [7, 11) is 0. The van der Waals surface area contributed by atoms with Gasteiger partial charge < -0.3 is 5.53 Å². The Kier molecular flexibility index (Phi) is 30.3. The monoisotopic (exact) mass is 835 g/mol. The molecule has 0 atom stereocenters. The van der Waals surface area contributed by atoms with Gasteiger partial charge in [0.25, 0.3) is 0 Å². The van der Waals surface area contributed by atoms with Crippen LogP contribution >= 0.6 is 0 Å². The number of allylic oxidation sites excluding steroid dienone is 2. The summed E-state index contributed by atoms with van der Waals surface area (Å²) in [5, 5.41) is 0. The minimum atomic E-state index is 0. The molecule has 0 aliphatic rings. The van der Waals surface area contributed by atoms with Crippen molar-refractivity contribution >= 4 is 11.4 Å². The van der Waals surface area contributed by atoms with Gasteiger partial charge in [0.2, 0.25) is 0 Å². The first kappa shape index (κ1) is 50.1. The van der Waals surface area contributed by atoms with Gasteiger partial charge in [0.1, 0.15) is 0 Å². The Bertz CT molecular complexity index is 1520. The van der Waals surface area contributed by atoms with Crippen LogP contribution in [0.4, 0.5) is 0 Å². The van der Waals surface area contributed by atoms with Crippen molar-refractivity contribution in [2.24, 2.45) is 0 Å². The van der Waals surface area contributed by atoms with Crippen LogP contribution < -0.4 is 0 Å². The van der Waals surface area contributed by atoms with Crippen LogP contribution in [-0.4, -0.2) is 10.7 Å². The van der Waals surface area contributed by atoms with Gasteiger partial charge in [-0.15, -0.1) is 4.79 Å². The molecule has 0 amide bonds. The molecular weight excluding hydrogens is 759 g/mol. The summed E-state index contributed by atoms with van der Waals surface area (Å²) in [6.45, 7) is 13.6. The molecule has 0 unspecified atom stereocenters. The molecule has 0 aliphatic heterocycles. The van der Waals surface area contributed by atoms with E-state index in [1.54, 1.807) is 0 Å². The molecule has 0 aliphatic carbocycles. The minimum Gasteiger partial charge on any atom is -0.348 e. The summed E-state index contributed by atoms with van der Waals surface area (Å²) in [4.78, 5) is 3.55. The van der Waals surface area contributed by atoms with E-state index in [2.05, 4.69) is 112 Å². The average Bonchev–Trinajstić information content (AvgIpc) is 3.19. The number of hydrogen-bond donors (Lipinski definition) is 0. The van der Waals surface area contributed by atoms with Crippen LogP contribution in [-0.2, 0) is 33.3 Å². The topological polar surface area (TPSA) is 36.4 Å². The molecule has 0 heterocycles. The number of nitrogens with zero attached hydrogens (tertiary/aromatic N) is 2. The molecule has 2 nitrogen and oxygen atoms in total. The minimum absolute atomic E-state index is 0. The molecule has 0 bridgehead atoms. The van der Waals surface area contributed by atoms with Crippen LogP contribution in [0.3, 0.4) is 0 Å². The van der Waals surface area contributed by atoms with E-state index in [1.165, 1.54) is 124 Å². The molecule has 304 valence electrons. The van der Waals surface area contributed by atoms with Crippen molar-refractivity contribution in [2.45, 2.75) is 208 Å². The maximum Gasteiger partial charge on any atom is 0.303 e. The van der Waals surface area contributed by atoms with Crippen molar-refractivity contribution in [3.8, 4) is 23.7 Å². The largest absolute Gasteiger partial charge is 0.348 e. The maximum absolute atomic E-state index is 9.97. The Morgan fingerprint density at radius 2 is 0.927 bits per heavy atom. The molecule has 0 spiro atoms. The molecule has 55 heavy (non-hydrogen) atoms. The smallest absolute Gasteiger partial charge is 0.303 e. The van der Waals surface area contributed by atoms with Gasteiger partial charge in [0.05, 0.1) is 5.57 Å². The molecular formula is C52H76N2Pd. The summed E-state index contributed by atoms with van der Waals surface area (Å²) in [5.41, 5.74) is 20.7. The Morgan fingerprint density at radius 1 is 0.491 bits per heavy atom. The van der Waals surface area contributed by atoms with Crippen LogP contribution in [0.2, 0.25) is 0 Å². The normalized spacial score (nSPS) is 10.9. The molecule has 0 radical (unpaired) electrons. The molecule has 3 heteroatoms. The predicted octanol–water partition coefficient (Wildman–Crippen LogP) is 15.6. The summed E-state index contributed by atoms with van der Waals surface area (Å²) >= 11 is 0. The van der Waals surface area contributed by atoms with Crippen molar-refractivity contribution < 1.29 is 25.2 Å². The zero-order valence-electron chi connectivity index (χ0n) is 36.1. The summed E-state index contributed by atoms with van der Waals surface area (Å²) in [6, 6.07) is 14.0. The fourth-order valence-corrected chi connectivity index (χ4v) is 7.26. The first-order valence-corrected chi connectivity index (χ1v) is 22.5. The second-order valence-electron chi connectivity index (χ2n) is 15.3. The van der Waals surface area contributed by atoms with Crippen LogP contribution in [0.5, 0.6) is 0 Å². The van der Waals surface area contributed by atoms with Gasteiger partial charge in [0.15, 0.2) is 0 Å².